The van der Waals surface area contributed by atoms with E-state index in [9.17, 15) is 5.11 Å². The maximum Gasteiger partial charge on any atom is 0.171 e. The van der Waals surface area contributed by atoms with Crippen LogP contribution in [0.2, 0.25) is 0 Å². The average molecular weight is 325 g/mol. The minimum atomic E-state index is -0.558. The lowest BCUT2D eigenvalue weighted by molar-refractivity contribution is 0.135. The molecule has 3 rings (SSSR count). The van der Waals surface area contributed by atoms with Gasteiger partial charge in [0.2, 0.25) is 0 Å². The van der Waals surface area contributed by atoms with Gasteiger partial charge >= 0.3 is 0 Å². The number of alkyl halides is 3. The maximum atomic E-state index is 9.97. The van der Waals surface area contributed by atoms with Crippen LogP contribution >= 0.6 is 34.8 Å². The number of aromatic nitrogens is 3. The Morgan fingerprint density at radius 1 is 1.42 bits per heavy atom. The Balaban J connectivity index is 1.46. The summed E-state index contributed by atoms with van der Waals surface area (Å²) in [4.78, 5) is 3.85. The quantitative estimate of drug-likeness (QED) is 0.819. The summed E-state index contributed by atoms with van der Waals surface area (Å²) < 4.78 is 1.10. The zero-order valence-electron chi connectivity index (χ0n) is 10.4. The number of halogens is 3. The molecule has 0 bridgehead atoms. The predicted molar refractivity (Wildman–Crippen MR) is 74.6 cm³/mol. The van der Waals surface area contributed by atoms with Crippen LogP contribution in [0.4, 0.5) is 0 Å². The summed E-state index contributed by atoms with van der Waals surface area (Å²) in [5.41, 5.74) is 0. The van der Waals surface area contributed by atoms with E-state index in [1.807, 2.05) is 0 Å². The van der Waals surface area contributed by atoms with Gasteiger partial charge in [0.05, 0.1) is 12.6 Å². The number of rotatable bonds is 6. The minimum absolute atomic E-state index is 0.314. The molecule has 19 heavy (non-hydrogen) atoms. The molecule has 1 heterocycles. The summed E-state index contributed by atoms with van der Waals surface area (Å²) >= 11 is 18.1. The number of aliphatic hydroxyl groups is 1. The molecule has 106 valence electrons. The molecule has 2 saturated carbocycles. The Labute approximate surface area is 127 Å². The Kier molecular flexibility index (Phi) is 3.49. The van der Waals surface area contributed by atoms with E-state index >= 15 is 0 Å². The fraction of sp³-hybridized carbons (Fsp3) is 0.833. The molecule has 0 amide bonds. The summed E-state index contributed by atoms with van der Waals surface area (Å²) in [6.07, 6.45) is 5.37. The third-order valence-corrected chi connectivity index (χ3v) is 5.30. The van der Waals surface area contributed by atoms with Gasteiger partial charge in [-0.05, 0) is 38.0 Å². The Morgan fingerprint density at radius 3 is 2.68 bits per heavy atom. The van der Waals surface area contributed by atoms with Crippen LogP contribution in [0.3, 0.4) is 0 Å². The topological polar surface area (TPSA) is 50.9 Å². The number of aliphatic hydroxyl groups excluding tert-OH is 1. The van der Waals surface area contributed by atoms with Gasteiger partial charge in [-0.1, -0.05) is 0 Å². The molecule has 4 nitrogen and oxygen atoms in total. The summed E-state index contributed by atoms with van der Waals surface area (Å²) in [5.74, 6) is 0.985. The first-order valence-corrected chi connectivity index (χ1v) is 7.67. The van der Waals surface area contributed by atoms with Gasteiger partial charge in [-0.25, -0.2) is 4.98 Å². The van der Waals surface area contributed by atoms with Crippen LogP contribution in [0, 0.1) is 5.92 Å². The summed E-state index contributed by atoms with van der Waals surface area (Å²) in [5, 5.41) is 14.3. The highest BCUT2D eigenvalue weighted by atomic mass is 35.5. The standard InChI is InChI=1S/C12H16Cl3N3O/c13-11(3-4-11)10-16-7-18(17-10)6-9(19)2-1-8-5-12(8,14)15/h7-9,19H,1-6H2. The van der Waals surface area contributed by atoms with Crippen LogP contribution in [0.1, 0.15) is 37.9 Å². The highest BCUT2D eigenvalue weighted by Gasteiger charge is 2.51. The average Bonchev–Trinajstić information content (AvgIpc) is 3.14. The van der Waals surface area contributed by atoms with Crippen molar-refractivity contribution in [2.75, 3.05) is 0 Å². The van der Waals surface area contributed by atoms with E-state index in [1.165, 1.54) is 0 Å². The van der Waals surface area contributed by atoms with Crippen LogP contribution in [0.5, 0.6) is 0 Å². The predicted octanol–water partition coefficient (Wildman–Crippen LogP) is 2.84. The molecular formula is C12H16Cl3N3O. The molecule has 1 N–H and O–H groups in total. The summed E-state index contributed by atoms with van der Waals surface area (Å²) in [6.45, 7) is 0.435. The number of hydrogen-bond donors (Lipinski definition) is 1. The highest BCUT2D eigenvalue weighted by molar-refractivity contribution is 6.50. The second kappa shape index (κ2) is 4.76. The van der Waals surface area contributed by atoms with E-state index in [-0.39, 0.29) is 4.87 Å². The van der Waals surface area contributed by atoms with Gasteiger partial charge in [0, 0.05) is 0 Å². The van der Waals surface area contributed by atoms with Crippen LogP contribution < -0.4 is 0 Å². The van der Waals surface area contributed by atoms with Gasteiger partial charge in [0.25, 0.3) is 0 Å². The second-order valence-electron chi connectivity index (χ2n) is 5.65. The number of nitrogens with zero attached hydrogens (tertiary/aromatic N) is 3. The van der Waals surface area contributed by atoms with Crippen molar-refractivity contribution in [1.29, 1.82) is 0 Å². The highest BCUT2D eigenvalue weighted by Crippen LogP contribution is 2.55. The molecule has 0 saturated heterocycles. The lowest BCUT2D eigenvalue weighted by Gasteiger charge is -2.10. The molecule has 2 unspecified atom stereocenters. The van der Waals surface area contributed by atoms with Crippen molar-refractivity contribution >= 4 is 34.8 Å². The Hall–Kier alpha value is -0.0300. The second-order valence-corrected chi connectivity index (χ2v) is 7.91. The van der Waals surface area contributed by atoms with E-state index in [2.05, 4.69) is 10.1 Å². The van der Waals surface area contributed by atoms with Crippen molar-refractivity contribution in [1.82, 2.24) is 14.8 Å². The molecule has 2 aliphatic carbocycles. The van der Waals surface area contributed by atoms with Crippen LogP contribution in [0.25, 0.3) is 0 Å². The lowest BCUT2D eigenvalue weighted by Crippen LogP contribution is -2.17. The normalized spacial score (nSPS) is 28.1. The van der Waals surface area contributed by atoms with E-state index < -0.39 is 10.4 Å². The monoisotopic (exact) mass is 323 g/mol. The van der Waals surface area contributed by atoms with Gasteiger partial charge in [-0.2, -0.15) is 5.10 Å². The van der Waals surface area contributed by atoms with Crippen molar-refractivity contribution in [3.63, 3.8) is 0 Å². The Bertz CT molecular complexity index is 473. The molecule has 1 aromatic heterocycles. The largest absolute Gasteiger partial charge is 0.391 e. The van der Waals surface area contributed by atoms with Gasteiger partial charge in [-0.3, -0.25) is 4.68 Å². The first-order chi connectivity index (χ1) is 8.89. The summed E-state index contributed by atoms with van der Waals surface area (Å²) in [6, 6.07) is 0. The Morgan fingerprint density at radius 2 is 2.11 bits per heavy atom. The van der Waals surface area contributed by atoms with Gasteiger partial charge in [0.1, 0.15) is 15.5 Å². The molecule has 0 aliphatic heterocycles. The maximum absolute atomic E-state index is 9.97. The number of hydrogen-bond acceptors (Lipinski definition) is 3. The van der Waals surface area contributed by atoms with E-state index in [1.54, 1.807) is 11.0 Å². The fourth-order valence-electron chi connectivity index (χ4n) is 2.20. The van der Waals surface area contributed by atoms with Crippen molar-refractivity contribution in [2.45, 2.75) is 54.0 Å². The molecule has 0 radical (unpaired) electrons. The molecule has 1 aromatic rings. The van der Waals surface area contributed by atoms with Gasteiger partial charge in [-0.15, -0.1) is 34.8 Å². The van der Waals surface area contributed by atoms with Crippen LogP contribution in [0.15, 0.2) is 6.33 Å². The lowest BCUT2D eigenvalue weighted by atomic mass is 10.1. The zero-order chi connectivity index (χ0) is 13.7. The summed E-state index contributed by atoms with van der Waals surface area (Å²) in [7, 11) is 0. The molecular weight excluding hydrogens is 309 g/mol. The smallest absolute Gasteiger partial charge is 0.171 e. The molecule has 2 fully saturated rings. The molecule has 0 aromatic carbocycles. The molecule has 2 atom stereocenters. The van der Waals surface area contributed by atoms with E-state index in [0.29, 0.717) is 24.7 Å². The fourth-order valence-corrected chi connectivity index (χ4v) is 2.98. The van der Waals surface area contributed by atoms with Crippen molar-refractivity contribution in [3.8, 4) is 0 Å². The van der Waals surface area contributed by atoms with E-state index in [0.717, 1.165) is 25.7 Å². The third kappa shape index (κ3) is 3.18. The SMILES string of the molecule is OC(CCC1CC1(Cl)Cl)Cn1cnc(C2(Cl)CC2)n1. The van der Waals surface area contributed by atoms with E-state index in [4.69, 9.17) is 34.8 Å². The molecule has 7 heteroatoms. The minimum Gasteiger partial charge on any atom is -0.391 e. The van der Waals surface area contributed by atoms with Gasteiger partial charge in [0.15, 0.2) is 5.82 Å². The first kappa shape index (κ1) is 13.9. The van der Waals surface area contributed by atoms with Gasteiger partial charge < -0.3 is 5.11 Å². The zero-order valence-corrected chi connectivity index (χ0v) is 12.7. The van der Waals surface area contributed by atoms with Crippen molar-refractivity contribution in [3.05, 3.63) is 12.2 Å². The third-order valence-electron chi connectivity index (χ3n) is 3.83. The first-order valence-electron chi connectivity index (χ1n) is 6.54. The van der Waals surface area contributed by atoms with Crippen LogP contribution in [-0.4, -0.2) is 30.3 Å². The molecule has 2 aliphatic rings. The van der Waals surface area contributed by atoms with Crippen LogP contribution in [-0.2, 0) is 11.4 Å². The van der Waals surface area contributed by atoms with Crippen molar-refractivity contribution < 1.29 is 5.11 Å². The van der Waals surface area contributed by atoms with Crippen molar-refractivity contribution in [2.24, 2.45) is 5.92 Å². The molecule has 0 spiro atoms.